The number of thioether (sulfide) groups is 1. The Labute approximate surface area is 69.1 Å². The van der Waals surface area contributed by atoms with Crippen LogP contribution in [0.15, 0.2) is 23.3 Å². The van der Waals surface area contributed by atoms with E-state index in [9.17, 15) is 0 Å². The van der Waals surface area contributed by atoms with Crippen molar-refractivity contribution in [2.75, 3.05) is 7.11 Å². The molecule has 1 saturated heterocycles. The summed E-state index contributed by atoms with van der Waals surface area (Å²) in [7, 11) is 1.73. The summed E-state index contributed by atoms with van der Waals surface area (Å²) in [5.41, 5.74) is 0. The number of allylic oxidation sites excluding steroid dienone is 2. The Morgan fingerprint density at radius 3 is 3.20 bits per heavy atom. The van der Waals surface area contributed by atoms with Gasteiger partial charge in [-0.3, -0.25) is 0 Å². The molecule has 1 aliphatic heterocycles. The molecule has 1 heterocycles. The highest BCUT2D eigenvalue weighted by molar-refractivity contribution is 8.08. The van der Waals surface area contributed by atoms with Gasteiger partial charge in [0.05, 0.1) is 5.25 Å². The lowest BCUT2D eigenvalue weighted by Crippen LogP contribution is -2.14. The highest BCUT2D eigenvalue weighted by atomic mass is 35.5. The average molecular weight is 175 g/mol. The van der Waals surface area contributed by atoms with Crippen LogP contribution < -0.4 is 0 Å². The Bertz CT molecular complexity index is 224. The number of fused-ring (bicyclic) bond motifs is 1. The third-order valence-electron chi connectivity index (χ3n) is 1.75. The number of methoxy groups -OCH3 is 1. The number of hydrogen-bond donors (Lipinski definition) is 0. The molecule has 1 fully saturated rings. The van der Waals surface area contributed by atoms with Crippen LogP contribution in [0.25, 0.3) is 0 Å². The molecule has 10 heavy (non-hydrogen) atoms. The molecule has 0 aromatic heterocycles. The highest BCUT2D eigenvalue weighted by Crippen LogP contribution is 2.58. The summed E-state index contributed by atoms with van der Waals surface area (Å²) in [5, 5.41) is 1.28. The van der Waals surface area contributed by atoms with Crippen LogP contribution in [0.5, 0.6) is 0 Å². The second-order valence-corrected chi connectivity index (χ2v) is 4.17. The Kier molecular flexibility index (Phi) is 1.38. The van der Waals surface area contributed by atoms with Gasteiger partial charge in [0.2, 0.25) is 0 Å². The minimum Gasteiger partial charge on any atom is -0.362 e. The summed E-state index contributed by atoms with van der Waals surface area (Å²) in [5.74, 6) is 0. The standard InChI is InChI=1S/C7H7ClOS/c1-9-7-3-2-5(8)4-6(7)10-7/h2-4,6H,1H3. The maximum absolute atomic E-state index is 5.76. The normalized spacial score (nSPS) is 42.6. The molecule has 0 aromatic carbocycles. The zero-order valence-electron chi connectivity index (χ0n) is 5.50. The molecular weight excluding hydrogens is 168 g/mol. The smallest absolute Gasteiger partial charge is 0.148 e. The fraction of sp³-hybridized carbons (Fsp3) is 0.429. The first-order valence-electron chi connectivity index (χ1n) is 3.06. The molecule has 0 amide bonds. The van der Waals surface area contributed by atoms with Gasteiger partial charge in [-0.1, -0.05) is 11.6 Å². The molecule has 0 N–H and O–H groups in total. The zero-order chi connectivity index (χ0) is 7.19. The van der Waals surface area contributed by atoms with Crippen molar-refractivity contribution in [3.05, 3.63) is 23.3 Å². The summed E-state index contributed by atoms with van der Waals surface area (Å²) in [4.78, 5) is -0.0572. The Balaban J connectivity index is 2.23. The molecule has 2 rings (SSSR count). The first-order chi connectivity index (χ1) is 4.77. The zero-order valence-corrected chi connectivity index (χ0v) is 7.08. The average Bonchev–Trinajstić information content (AvgIpc) is 2.62. The Morgan fingerprint density at radius 1 is 1.80 bits per heavy atom. The van der Waals surface area contributed by atoms with Crippen molar-refractivity contribution in [1.82, 2.24) is 0 Å². The van der Waals surface area contributed by atoms with Crippen molar-refractivity contribution in [1.29, 1.82) is 0 Å². The van der Waals surface area contributed by atoms with Gasteiger partial charge in [0.15, 0.2) is 0 Å². The van der Waals surface area contributed by atoms with Gasteiger partial charge in [-0.15, -0.1) is 11.8 Å². The quantitative estimate of drug-likeness (QED) is 0.564. The van der Waals surface area contributed by atoms with Gasteiger partial charge in [0, 0.05) is 12.1 Å². The van der Waals surface area contributed by atoms with Gasteiger partial charge >= 0.3 is 0 Å². The molecule has 2 atom stereocenters. The van der Waals surface area contributed by atoms with Crippen molar-refractivity contribution in [3.8, 4) is 0 Å². The summed E-state index contributed by atoms with van der Waals surface area (Å²) in [6.45, 7) is 0. The van der Waals surface area contributed by atoms with Crippen molar-refractivity contribution in [2.45, 2.75) is 10.2 Å². The van der Waals surface area contributed by atoms with E-state index in [0.717, 1.165) is 5.03 Å². The first kappa shape index (κ1) is 6.77. The fourth-order valence-corrected chi connectivity index (χ4v) is 2.37. The maximum Gasteiger partial charge on any atom is 0.148 e. The van der Waals surface area contributed by atoms with E-state index in [0.29, 0.717) is 5.25 Å². The van der Waals surface area contributed by atoms with Crippen molar-refractivity contribution < 1.29 is 4.74 Å². The number of rotatable bonds is 1. The molecule has 0 bridgehead atoms. The summed E-state index contributed by atoms with van der Waals surface area (Å²) in [6, 6.07) is 0. The lowest BCUT2D eigenvalue weighted by Gasteiger charge is -2.08. The largest absolute Gasteiger partial charge is 0.362 e. The molecule has 0 spiro atoms. The van der Waals surface area contributed by atoms with Gasteiger partial charge in [-0.05, 0) is 18.2 Å². The van der Waals surface area contributed by atoms with E-state index in [1.807, 2.05) is 18.2 Å². The second kappa shape index (κ2) is 2.03. The molecule has 2 aliphatic rings. The lowest BCUT2D eigenvalue weighted by molar-refractivity contribution is 0.143. The summed E-state index contributed by atoms with van der Waals surface area (Å²) >= 11 is 7.54. The maximum atomic E-state index is 5.76. The summed E-state index contributed by atoms with van der Waals surface area (Å²) < 4.78 is 5.27. The van der Waals surface area contributed by atoms with Crippen LogP contribution >= 0.6 is 23.4 Å². The molecule has 2 unspecified atom stereocenters. The van der Waals surface area contributed by atoms with E-state index in [1.165, 1.54) is 0 Å². The molecule has 1 aliphatic carbocycles. The monoisotopic (exact) mass is 174 g/mol. The third-order valence-corrected chi connectivity index (χ3v) is 3.42. The van der Waals surface area contributed by atoms with E-state index >= 15 is 0 Å². The van der Waals surface area contributed by atoms with Crippen LogP contribution in [-0.2, 0) is 4.74 Å². The summed E-state index contributed by atoms with van der Waals surface area (Å²) in [6.07, 6.45) is 5.93. The lowest BCUT2D eigenvalue weighted by atomic mass is 10.1. The Morgan fingerprint density at radius 2 is 2.60 bits per heavy atom. The van der Waals surface area contributed by atoms with E-state index < -0.39 is 0 Å². The molecule has 0 radical (unpaired) electrons. The molecule has 3 heteroatoms. The van der Waals surface area contributed by atoms with E-state index in [4.69, 9.17) is 16.3 Å². The van der Waals surface area contributed by atoms with Crippen LogP contribution in [0, 0.1) is 0 Å². The van der Waals surface area contributed by atoms with Gasteiger partial charge in [0.1, 0.15) is 4.93 Å². The second-order valence-electron chi connectivity index (χ2n) is 2.35. The van der Waals surface area contributed by atoms with Crippen LogP contribution in [0.4, 0.5) is 0 Å². The van der Waals surface area contributed by atoms with Gasteiger partial charge < -0.3 is 4.74 Å². The van der Waals surface area contributed by atoms with Crippen molar-refractivity contribution in [3.63, 3.8) is 0 Å². The van der Waals surface area contributed by atoms with Crippen molar-refractivity contribution in [2.24, 2.45) is 0 Å². The number of ether oxygens (including phenoxy) is 1. The minimum atomic E-state index is -0.0572. The Hall–Kier alpha value is 0.0800. The predicted octanol–water partition coefficient (Wildman–Crippen LogP) is 2.14. The number of halogens is 1. The van der Waals surface area contributed by atoms with E-state index in [-0.39, 0.29) is 4.93 Å². The van der Waals surface area contributed by atoms with E-state index in [2.05, 4.69) is 0 Å². The predicted molar refractivity (Wildman–Crippen MR) is 44.2 cm³/mol. The van der Waals surface area contributed by atoms with Gasteiger partial charge in [-0.25, -0.2) is 0 Å². The SMILES string of the molecule is COC12C=CC(Cl)=CC1S2. The topological polar surface area (TPSA) is 9.23 Å². The number of hydrogen-bond acceptors (Lipinski definition) is 2. The van der Waals surface area contributed by atoms with Crippen LogP contribution in [0.3, 0.4) is 0 Å². The van der Waals surface area contributed by atoms with Crippen LogP contribution in [-0.4, -0.2) is 17.3 Å². The minimum absolute atomic E-state index is 0.0572. The van der Waals surface area contributed by atoms with Crippen LogP contribution in [0.1, 0.15) is 0 Å². The molecule has 0 aromatic rings. The van der Waals surface area contributed by atoms with Crippen LogP contribution in [0.2, 0.25) is 0 Å². The molecule has 54 valence electrons. The van der Waals surface area contributed by atoms with Gasteiger partial charge in [0.25, 0.3) is 0 Å². The van der Waals surface area contributed by atoms with Crippen molar-refractivity contribution >= 4 is 23.4 Å². The first-order valence-corrected chi connectivity index (χ1v) is 4.32. The molecular formula is C7H7ClOS. The highest BCUT2D eigenvalue weighted by Gasteiger charge is 2.54. The van der Waals surface area contributed by atoms with E-state index in [1.54, 1.807) is 18.9 Å². The third kappa shape index (κ3) is 0.831. The molecule has 1 nitrogen and oxygen atoms in total. The fourth-order valence-electron chi connectivity index (χ4n) is 1.08. The molecule has 0 saturated carbocycles. The van der Waals surface area contributed by atoms with Gasteiger partial charge in [-0.2, -0.15) is 0 Å².